The molecular formula is C20H25N5O2. The molecule has 1 saturated heterocycles. The molecule has 7 heteroatoms. The Kier molecular flexibility index (Phi) is 4.37. The maximum absolute atomic E-state index is 12.6. The monoisotopic (exact) mass is 367 g/mol. The summed E-state index contributed by atoms with van der Waals surface area (Å²) in [5.74, 6) is 1.88. The Morgan fingerprint density at radius 2 is 1.78 bits per heavy atom. The van der Waals surface area contributed by atoms with Gasteiger partial charge in [-0.25, -0.2) is 4.79 Å². The molecular weight excluding hydrogens is 342 g/mol. The Morgan fingerprint density at radius 1 is 1.11 bits per heavy atom. The van der Waals surface area contributed by atoms with Gasteiger partial charge in [0.25, 0.3) is 5.56 Å². The van der Waals surface area contributed by atoms with E-state index in [1.54, 1.807) is 7.05 Å². The van der Waals surface area contributed by atoms with Crippen molar-refractivity contribution in [1.29, 1.82) is 0 Å². The summed E-state index contributed by atoms with van der Waals surface area (Å²) in [6, 6.07) is 10.0. The van der Waals surface area contributed by atoms with Gasteiger partial charge in [-0.2, -0.15) is 4.98 Å². The van der Waals surface area contributed by atoms with Crippen molar-refractivity contribution >= 4 is 17.1 Å². The lowest BCUT2D eigenvalue weighted by molar-refractivity contribution is 0.352. The number of hydrogen-bond donors (Lipinski definition) is 1. The number of fused-ring (bicyclic) bond motifs is 1. The van der Waals surface area contributed by atoms with E-state index in [4.69, 9.17) is 4.98 Å². The second-order valence-electron chi connectivity index (χ2n) is 7.83. The third-order valence-electron chi connectivity index (χ3n) is 5.32. The van der Waals surface area contributed by atoms with Crippen LogP contribution in [0.3, 0.4) is 0 Å². The molecule has 4 rings (SSSR count). The van der Waals surface area contributed by atoms with E-state index >= 15 is 0 Å². The highest BCUT2D eigenvalue weighted by Gasteiger charge is 2.27. The number of rotatable bonds is 3. The van der Waals surface area contributed by atoms with Crippen molar-refractivity contribution in [2.45, 2.75) is 26.8 Å². The fourth-order valence-corrected chi connectivity index (χ4v) is 4.21. The lowest BCUT2D eigenvalue weighted by atomic mass is 9.92. The highest BCUT2D eigenvalue weighted by molar-refractivity contribution is 5.74. The Bertz CT molecular complexity index is 1070. The van der Waals surface area contributed by atoms with Crippen LogP contribution in [0.25, 0.3) is 11.2 Å². The molecule has 0 radical (unpaired) electrons. The highest BCUT2D eigenvalue weighted by Crippen LogP contribution is 2.28. The number of piperidine rings is 1. The Balaban J connectivity index is 1.92. The fourth-order valence-electron chi connectivity index (χ4n) is 4.21. The third kappa shape index (κ3) is 3.18. The number of H-pyrrole nitrogens is 1. The van der Waals surface area contributed by atoms with Gasteiger partial charge in [-0.15, -0.1) is 0 Å². The van der Waals surface area contributed by atoms with Gasteiger partial charge in [-0.1, -0.05) is 44.2 Å². The Hall–Kier alpha value is -2.83. The van der Waals surface area contributed by atoms with E-state index in [-0.39, 0.29) is 5.56 Å². The number of hydrogen-bond acceptors (Lipinski definition) is 4. The molecule has 0 amide bonds. The smallest absolute Gasteiger partial charge is 0.329 e. The average Bonchev–Trinajstić information content (AvgIpc) is 3.00. The Morgan fingerprint density at radius 3 is 2.44 bits per heavy atom. The number of aryl methyl sites for hydroxylation is 1. The second kappa shape index (κ2) is 6.72. The molecule has 27 heavy (non-hydrogen) atoms. The van der Waals surface area contributed by atoms with Gasteiger partial charge in [0.05, 0.1) is 6.54 Å². The molecule has 7 nitrogen and oxygen atoms in total. The molecule has 3 heterocycles. The molecule has 1 aliphatic rings. The summed E-state index contributed by atoms with van der Waals surface area (Å²) in [6.07, 6.45) is 1.19. The van der Waals surface area contributed by atoms with E-state index in [1.165, 1.54) is 11.0 Å². The maximum atomic E-state index is 12.6. The van der Waals surface area contributed by atoms with Crippen molar-refractivity contribution in [2.75, 3.05) is 18.0 Å². The fraction of sp³-hybridized carbons (Fsp3) is 0.450. The van der Waals surface area contributed by atoms with Crippen molar-refractivity contribution in [3.8, 4) is 0 Å². The molecule has 1 aliphatic heterocycles. The lowest BCUT2D eigenvalue weighted by Crippen LogP contribution is -2.40. The third-order valence-corrected chi connectivity index (χ3v) is 5.32. The first kappa shape index (κ1) is 17.6. The zero-order valence-electron chi connectivity index (χ0n) is 16.0. The number of aromatic amines is 1. The van der Waals surface area contributed by atoms with Crippen LogP contribution < -0.4 is 16.1 Å². The summed E-state index contributed by atoms with van der Waals surface area (Å²) in [7, 11) is 1.64. The summed E-state index contributed by atoms with van der Waals surface area (Å²) < 4.78 is 3.37. The van der Waals surface area contributed by atoms with Gasteiger partial charge in [0.2, 0.25) is 5.95 Å². The van der Waals surface area contributed by atoms with Crippen molar-refractivity contribution in [3.63, 3.8) is 0 Å². The average molecular weight is 367 g/mol. The number of nitrogens with zero attached hydrogens (tertiary/aromatic N) is 4. The normalized spacial score (nSPS) is 20.3. The van der Waals surface area contributed by atoms with Crippen molar-refractivity contribution in [2.24, 2.45) is 18.9 Å². The zero-order valence-corrected chi connectivity index (χ0v) is 16.0. The van der Waals surface area contributed by atoms with Crippen LogP contribution in [-0.2, 0) is 13.6 Å². The van der Waals surface area contributed by atoms with E-state index in [0.29, 0.717) is 29.5 Å². The standard InChI is InChI=1S/C20H25N5O2/c1-13-9-14(2)11-24(10-13)19-21-17-16(18(26)22-20(27)23(17)3)25(19)12-15-7-5-4-6-8-15/h4-8,13-14H,9-12H2,1-3H3,(H,22,26,27). The van der Waals surface area contributed by atoms with Gasteiger partial charge in [-0.3, -0.25) is 18.9 Å². The first-order chi connectivity index (χ1) is 12.9. The van der Waals surface area contributed by atoms with Crippen LogP contribution in [-0.4, -0.2) is 32.2 Å². The summed E-state index contributed by atoms with van der Waals surface area (Å²) in [4.78, 5) is 34.1. The number of nitrogens with one attached hydrogen (secondary N) is 1. The van der Waals surface area contributed by atoms with Gasteiger partial charge >= 0.3 is 5.69 Å². The van der Waals surface area contributed by atoms with Crippen LogP contribution in [0.1, 0.15) is 25.8 Å². The zero-order chi connectivity index (χ0) is 19.1. The topological polar surface area (TPSA) is 75.9 Å². The minimum absolute atomic E-state index is 0.388. The number of benzene rings is 1. The largest absolute Gasteiger partial charge is 0.342 e. The molecule has 0 saturated carbocycles. The van der Waals surface area contributed by atoms with Gasteiger partial charge < -0.3 is 4.90 Å². The van der Waals surface area contributed by atoms with Crippen molar-refractivity contribution in [1.82, 2.24) is 19.1 Å². The number of aromatic nitrogens is 4. The van der Waals surface area contributed by atoms with E-state index in [2.05, 4.69) is 23.7 Å². The van der Waals surface area contributed by atoms with E-state index in [1.807, 2.05) is 34.9 Å². The van der Waals surface area contributed by atoms with Gasteiger partial charge in [-0.05, 0) is 23.8 Å². The quantitative estimate of drug-likeness (QED) is 0.768. The van der Waals surface area contributed by atoms with E-state index in [0.717, 1.165) is 24.6 Å². The summed E-state index contributed by atoms with van der Waals surface area (Å²) in [5, 5.41) is 0. The van der Waals surface area contributed by atoms with Gasteiger partial charge in [0, 0.05) is 20.1 Å². The van der Waals surface area contributed by atoms with Crippen LogP contribution in [0.15, 0.2) is 39.9 Å². The predicted molar refractivity (Wildman–Crippen MR) is 106 cm³/mol. The van der Waals surface area contributed by atoms with Crippen LogP contribution in [0.5, 0.6) is 0 Å². The molecule has 2 atom stereocenters. The van der Waals surface area contributed by atoms with Crippen LogP contribution in [0.2, 0.25) is 0 Å². The first-order valence-electron chi connectivity index (χ1n) is 9.42. The van der Waals surface area contributed by atoms with Crippen LogP contribution in [0, 0.1) is 11.8 Å². The minimum atomic E-state index is -0.441. The molecule has 1 fully saturated rings. The van der Waals surface area contributed by atoms with Crippen molar-refractivity contribution < 1.29 is 0 Å². The van der Waals surface area contributed by atoms with Crippen molar-refractivity contribution in [3.05, 3.63) is 56.7 Å². The summed E-state index contributed by atoms with van der Waals surface area (Å²) in [6.45, 7) is 6.82. The molecule has 2 unspecified atom stereocenters. The van der Waals surface area contributed by atoms with Crippen LogP contribution >= 0.6 is 0 Å². The summed E-state index contributed by atoms with van der Waals surface area (Å²) in [5.41, 5.74) is 1.14. The lowest BCUT2D eigenvalue weighted by Gasteiger charge is -2.35. The van der Waals surface area contributed by atoms with Gasteiger partial charge in [0.15, 0.2) is 11.2 Å². The second-order valence-corrected chi connectivity index (χ2v) is 7.83. The van der Waals surface area contributed by atoms with E-state index < -0.39 is 5.69 Å². The minimum Gasteiger partial charge on any atom is -0.342 e. The molecule has 0 aliphatic carbocycles. The molecule has 0 spiro atoms. The first-order valence-corrected chi connectivity index (χ1v) is 9.42. The molecule has 2 aromatic heterocycles. The SMILES string of the molecule is CC1CC(C)CN(c2nc3c(c(=O)[nH]c(=O)n3C)n2Cc2ccccc2)C1. The maximum Gasteiger partial charge on any atom is 0.329 e. The number of anilines is 1. The predicted octanol–water partition coefficient (Wildman–Crippen LogP) is 1.95. The molecule has 1 N–H and O–H groups in total. The molecule has 3 aromatic rings. The van der Waals surface area contributed by atoms with E-state index in [9.17, 15) is 9.59 Å². The van der Waals surface area contributed by atoms with Gasteiger partial charge in [0.1, 0.15) is 0 Å². The van der Waals surface area contributed by atoms with Crippen LogP contribution in [0.4, 0.5) is 5.95 Å². The Labute approximate surface area is 157 Å². The molecule has 142 valence electrons. The molecule has 1 aromatic carbocycles. The number of imidazole rings is 1. The highest BCUT2D eigenvalue weighted by atomic mass is 16.2. The summed E-state index contributed by atoms with van der Waals surface area (Å²) >= 11 is 0. The molecule has 0 bridgehead atoms.